The maximum Gasteiger partial charge on any atom is 0.339 e. The van der Waals surface area contributed by atoms with Crippen molar-refractivity contribution < 1.29 is 19.4 Å². The third kappa shape index (κ3) is 3.65. The molecular weight excluding hydrogens is 340 g/mol. The summed E-state index contributed by atoms with van der Waals surface area (Å²) in [6.07, 6.45) is 0.195. The Morgan fingerprint density at radius 1 is 0.889 bits per heavy atom. The molecule has 0 aromatic heterocycles. The Morgan fingerprint density at radius 2 is 1.44 bits per heavy atom. The zero-order chi connectivity index (χ0) is 19.4. The highest BCUT2D eigenvalue weighted by Gasteiger charge is 2.43. The summed E-state index contributed by atoms with van der Waals surface area (Å²) in [5, 5.41) is 10.7. The van der Waals surface area contributed by atoms with Crippen molar-refractivity contribution in [2.24, 2.45) is 0 Å². The van der Waals surface area contributed by atoms with Crippen LogP contribution in [0.25, 0.3) is 0 Å². The zero-order valence-electron chi connectivity index (χ0n) is 15.6. The number of benzene rings is 2. The van der Waals surface area contributed by atoms with Crippen LogP contribution < -0.4 is 0 Å². The third-order valence-corrected chi connectivity index (χ3v) is 5.19. The maximum atomic E-state index is 12.9. The molecule has 0 bridgehead atoms. The van der Waals surface area contributed by atoms with E-state index in [2.05, 4.69) is 0 Å². The quantitative estimate of drug-likeness (QED) is 0.756. The largest absolute Gasteiger partial charge is 0.504 e. The van der Waals surface area contributed by atoms with Crippen LogP contribution in [0.3, 0.4) is 0 Å². The first-order chi connectivity index (χ1) is 13.1. The molecule has 3 unspecified atom stereocenters. The van der Waals surface area contributed by atoms with E-state index in [1.165, 1.54) is 0 Å². The van der Waals surface area contributed by atoms with E-state index in [4.69, 9.17) is 4.74 Å². The van der Waals surface area contributed by atoms with Gasteiger partial charge in [-0.15, -0.1) is 0 Å². The number of aliphatic hydroxyl groups is 1. The van der Waals surface area contributed by atoms with Crippen LogP contribution in [0.15, 0.2) is 72.0 Å². The van der Waals surface area contributed by atoms with Crippen molar-refractivity contribution in [2.75, 3.05) is 0 Å². The van der Waals surface area contributed by atoms with Gasteiger partial charge < -0.3 is 9.84 Å². The van der Waals surface area contributed by atoms with Crippen LogP contribution in [-0.4, -0.2) is 23.0 Å². The molecule has 2 aromatic carbocycles. The van der Waals surface area contributed by atoms with Gasteiger partial charge in [-0.05, 0) is 24.0 Å². The van der Waals surface area contributed by atoms with Crippen molar-refractivity contribution in [3.63, 3.8) is 0 Å². The van der Waals surface area contributed by atoms with Crippen LogP contribution in [0.5, 0.6) is 0 Å². The van der Waals surface area contributed by atoms with Gasteiger partial charge in [-0.1, -0.05) is 74.5 Å². The van der Waals surface area contributed by atoms with Gasteiger partial charge in [0.25, 0.3) is 0 Å². The zero-order valence-corrected chi connectivity index (χ0v) is 15.6. The summed E-state index contributed by atoms with van der Waals surface area (Å²) >= 11 is 0. The van der Waals surface area contributed by atoms with Gasteiger partial charge in [-0.2, -0.15) is 0 Å². The number of rotatable bonds is 6. The van der Waals surface area contributed by atoms with Gasteiger partial charge in [0.15, 0.2) is 11.9 Å². The molecule has 1 aliphatic heterocycles. The predicted molar refractivity (Wildman–Crippen MR) is 103 cm³/mol. The van der Waals surface area contributed by atoms with E-state index in [1.54, 1.807) is 0 Å². The average molecular weight is 364 g/mol. The van der Waals surface area contributed by atoms with Crippen molar-refractivity contribution in [3.05, 3.63) is 83.1 Å². The number of aliphatic hydroxyl groups excluding tert-OH is 1. The lowest BCUT2D eigenvalue weighted by Crippen LogP contribution is -2.40. The van der Waals surface area contributed by atoms with Crippen molar-refractivity contribution in [3.8, 4) is 0 Å². The van der Waals surface area contributed by atoms with E-state index in [1.807, 2.05) is 74.5 Å². The van der Waals surface area contributed by atoms with E-state index in [0.29, 0.717) is 12.8 Å². The fourth-order valence-corrected chi connectivity index (χ4v) is 3.79. The minimum absolute atomic E-state index is 0.0628. The highest BCUT2D eigenvalue weighted by molar-refractivity contribution is 6.09. The first-order valence-electron chi connectivity index (χ1n) is 9.36. The van der Waals surface area contributed by atoms with E-state index in [-0.39, 0.29) is 17.4 Å². The van der Waals surface area contributed by atoms with Crippen LogP contribution in [0.1, 0.15) is 49.7 Å². The highest BCUT2D eigenvalue weighted by atomic mass is 16.6. The Morgan fingerprint density at radius 3 is 1.96 bits per heavy atom. The maximum absolute atomic E-state index is 12.9. The lowest BCUT2D eigenvalue weighted by molar-refractivity contribution is -0.156. The molecule has 0 fully saturated rings. The average Bonchev–Trinajstić information content (AvgIpc) is 2.71. The van der Waals surface area contributed by atoms with Crippen LogP contribution in [0, 0.1) is 0 Å². The molecule has 0 saturated carbocycles. The Bertz CT molecular complexity index is 839. The molecule has 0 radical (unpaired) electrons. The number of hydrogen-bond acceptors (Lipinski definition) is 4. The smallest absolute Gasteiger partial charge is 0.339 e. The third-order valence-electron chi connectivity index (χ3n) is 5.19. The Kier molecular flexibility index (Phi) is 5.75. The molecule has 0 saturated heterocycles. The van der Waals surface area contributed by atoms with Gasteiger partial charge >= 0.3 is 5.97 Å². The summed E-state index contributed by atoms with van der Waals surface area (Å²) in [4.78, 5) is 25.7. The molecule has 1 aliphatic rings. The summed E-state index contributed by atoms with van der Waals surface area (Å²) in [6, 6.07) is 18.9. The van der Waals surface area contributed by atoms with Crippen molar-refractivity contribution >= 4 is 11.8 Å². The normalized spacial score (nSPS) is 19.6. The summed E-state index contributed by atoms with van der Waals surface area (Å²) in [7, 11) is 0. The molecule has 4 heteroatoms. The minimum Gasteiger partial charge on any atom is -0.504 e. The fraction of sp³-hybridized carbons (Fsp3) is 0.304. The fourth-order valence-electron chi connectivity index (χ4n) is 3.79. The predicted octanol–water partition coefficient (Wildman–Crippen LogP) is 4.68. The van der Waals surface area contributed by atoms with Gasteiger partial charge in [-0.3, -0.25) is 4.79 Å². The molecule has 140 valence electrons. The number of ether oxygens (including phenoxy) is 1. The van der Waals surface area contributed by atoms with E-state index in [0.717, 1.165) is 11.1 Å². The van der Waals surface area contributed by atoms with Crippen molar-refractivity contribution in [1.29, 1.82) is 0 Å². The lowest BCUT2D eigenvalue weighted by atomic mass is 9.82. The Labute approximate surface area is 159 Å². The monoisotopic (exact) mass is 364 g/mol. The number of carbonyl (C=O) groups is 2. The molecule has 1 N–H and O–H groups in total. The van der Waals surface area contributed by atoms with Crippen molar-refractivity contribution in [2.45, 2.75) is 44.6 Å². The molecule has 3 rings (SSSR count). The number of esters is 1. The van der Waals surface area contributed by atoms with E-state index < -0.39 is 23.6 Å². The number of ketones is 1. The lowest BCUT2D eigenvalue weighted by Gasteiger charge is -2.31. The van der Waals surface area contributed by atoms with Gasteiger partial charge in [0, 0.05) is 11.8 Å². The molecule has 2 aromatic rings. The molecule has 0 aliphatic carbocycles. The van der Waals surface area contributed by atoms with Crippen LogP contribution in [0.2, 0.25) is 0 Å². The second-order valence-electron chi connectivity index (χ2n) is 6.75. The number of Topliss-reactive ketones (excluding diaryl/α,β-unsaturated/α-hetero) is 1. The highest BCUT2D eigenvalue weighted by Crippen LogP contribution is 2.37. The van der Waals surface area contributed by atoms with Crippen LogP contribution >= 0.6 is 0 Å². The van der Waals surface area contributed by atoms with Crippen molar-refractivity contribution in [1.82, 2.24) is 0 Å². The molecule has 0 amide bonds. The number of carbonyl (C=O) groups excluding carboxylic acids is 2. The van der Waals surface area contributed by atoms with Gasteiger partial charge in [0.1, 0.15) is 0 Å². The Balaban J connectivity index is 1.98. The first-order valence-corrected chi connectivity index (χ1v) is 9.36. The number of cyclic esters (lactones) is 1. The van der Waals surface area contributed by atoms with Gasteiger partial charge in [-0.25, -0.2) is 4.79 Å². The van der Waals surface area contributed by atoms with E-state index in [9.17, 15) is 14.7 Å². The molecule has 27 heavy (non-hydrogen) atoms. The number of hydrogen-bond donors (Lipinski definition) is 1. The SMILES string of the molecule is CCC(C1=C(O)C(=O)C(C(CC)c2ccccc2)OC1=O)c1ccccc1. The summed E-state index contributed by atoms with van der Waals surface area (Å²) in [6.45, 7) is 3.86. The second-order valence-corrected chi connectivity index (χ2v) is 6.75. The van der Waals surface area contributed by atoms with Gasteiger partial charge in [0.05, 0.1) is 5.57 Å². The molecule has 0 spiro atoms. The molecule has 3 atom stereocenters. The molecular formula is C23H24O4. The Hall–Kier alpha value is -2.88. The van der Waals surface area contributed by atoms with Gasteiger partial charge in [0.2, 0.25) is 5.78 Å². The topological polar surface area (TPSA) is 63.6 Å². The first kappa shape index (κ1) is 18.9. The molecule has 4 nitrogen and oxygen atoms in total. The minimum atomic E-state index is -0.998. The van der Waals surface area contributed by atoms with Crippen LogP contribution in [0.4, 0.5) is 0 Å². The van der Waals surface area contributed by atoms with E-state index >= 15 is 0 Å². The second kappa shape index (κ2) is 8.21. The standard InChI is InChI=1S/C23H24O4/c1-3-17(15-11-7-5-8-12-15)19-20(24)21(25)22(27-23(19)26)18(4-2)16-13-9-6-10-14-16/h5-14,17-18,22,24H,3-4H2,1-2H3. The summed E-state index contributed by atoms with van der Waals surface area (Å²) in [5.74, 6) is -2.25. The van der Waals surface area contributed by atoms with Crippen LogP contribution in [-0.2, 0) is 14.3 Å². The summed E-state index contributed by atoms with van der Waals surface area (Å²) < 4.78 is 5.59. The molecule has 1 heterocycles. The summed E-state index contributed by atoms with van der Waals surface area (Å²) in [5.41, 5.74) is 1.85.